The van der Waals surface area contributed by atoms with Crippen LogP contribution < -0.4 is 5.32 Å². The van der Waals surface area contributed by atoms with Crippen molar-refractivity contribution < 1.29 is 0 Å². The van der Waals surface area contributed by atoms with E-state index in [9.17, 15) is 0 Å². The maximum absolute atomic E-state index is 8.98. The van der Waals surface area contributed by atoms with Crippen molar-refractivity contribution in [2.45, 2.75) is 13.0 Å². The summed E-state index contributed by atoms with van der Waals surface area (Å²) in [6.07, 6.45) is 0. The number of nitrogens with one attached hydrogen (secondary N) is 1. The molecule has 104 valence electrons. The predicted octanol–water partition coefficient (Wildman–Crippen LogP) is 5.60. The van der Waals surface area contributed by atoms with Crippen LogP contribution in [-0.4, -0.2) is 0 Å². The van der Waals surface area contributed by atoms with E-state index in [-0.39, 0.29) is 6.04 Å². The minimum absolute atomic E-state index is 0.133. The highest BCUT2D eigenvalue weighted by atomic mass is 35.5. The van der Waals surface area contributed by atoms with Crippen molar-refractivity contribution in [2.24, 2.45) is 0 Å². The van der Waals surface area contributed by atoms with Gasteiger partial charge >= 0.3 is 0 Å². The second-order valence-electron chi connectivity index (χ2n) is 4.86. The van der Waals surface area contributed by atoms with Gasteiger partial charge < -0.3 is 5.32 Å². The van der Waals surface area contributed by atoms with Gasteiger partial charge in [0.1, 0.15) is 0 Å². The van der Waals surface area contributed by atoms with E-state index in [1.54, 1.807) is 29.5 Å². The molecule has 3 rings (SSSR count). The van der Waals surface area contributed by atoms with Gasteiger partial charge in [0.05, 0.1) is 28.4 Å². The van der Waals surface area contributed by atoms with Crippen LogP contribution >= 0.6 is 22.9 Å². The van der Waals surface area contributed by atoms with Crippen LogP contribution in [0.1, 0.15) is 23.4 Å². The second-order valence-corrected chi connectivity index (χ2v) is 6.38. The van der Waals surface area contributed by atoms with Gasteiger partial charge in [0.25, 0.3) is 0 Å². The molecule has 0 aliphatic rings. The molecule has 0 aliphatic heterocycles. The zero-order valence-corrected chi connectivity index (χ0v) is 13.0. The summed E-state index contributed by atoms with van der Waals surface area (Å²) in [5.41, 5.74) is 1.39. The van der Waals surface area contributed by atoms with E-state index in [0.29, 0.717) is 10.6 Å². The summed E-state index contributed by atoms with van der Waals surface area (Å²) in [4.78, 5) is 1.25. The van der Waals surface area contributed by atoms with Crippen molar-refractivity contribution in [1.82, 2.24) is 0 Å². The van der Waals surface area contributed by atoms with E-state index >= 15 is 0 Å². The maximum atomic E-state index is 8.98. The van der Waals surface area contributed by atoms with Gasteiger partial charge in [-0.3, -0.25) is 0 Å². The zero-order valence-electron chi connectivity index (χ0n) is 11.4. The summed E-state index contributed by atoms with van der Waals surface area (Å²) in [5.74, 6) is 0. The highest BCUT2D eigenvalue weighted by Gasteiger charge is 2.11. The first kappa shape index (κ1) is 13.9. The average molecular weight is 313 g/mol. The number of thiophene rings is 1. The molecule has 1 heterocycles. The maximum Gasteiger partial charge on any atom is 0.0992 e. The van der Waals surface area contributed by atoms with Crippen LogP contribution in [0.25, 0.3) is 10.1 Å². The molecule has 3 aromatic rings. The van der Waals surface area contributed by atoms with Gasteiger partial charge in [-0.25, -0.2) is 0 Å². The minimum Gasteiger partial charge on any atom is -0.376 e. The zero-order chi connectivity index (χ0) is 14.8. The number of halogens is 1. The molecule has 0 aliphatic carbocycles. The lowest BCUT2D eigenvalue weighted by atomic mass is 10.2. The first-order valence-electron chi connectivity index (χ1n) is 6.62. The van der Waals surface area contributed by atoms with Crippen molar-refractivity contribution in [1.29, 1.82) is 5.26 Å². The number of nitrogens with zero attached hydrogens (tertiary/aromatic N) is 1. The summed E-state index contributed by atoms with van der Waals surface area (Å²) in [6.45, 7) is 2.10. The third kappa shape index (κ3) is 2.87. The number of nitriles is 1. The molecule has 0 spiro atoms. The molecule has 0 bridgehead atoms. The van der Waals surface area contributed by atoms with E-state index in [1.165, 1.54) is 15.0 Å². The van der Waals surface area contributed by atoms with Gasteiger partial charge in [0.2, 0.25) is 0 Å². The van der Waals surface area contributed by atoms with Crippen molar-refractivity contribution >= 4 is 38.7 Å². The van der Waals surface area contributed by atoms with E-state index in [2.05, 4.69) is 36.5 Å². The molecule has 1 unspecified atom stereocenters. The van der Waals surface area contributed by atoms with E-state index in [4.69, 9.17) is 16.9 Å². The lowest BCUT2D eigenvalue weighted by Crippen LogP contribution is -2.05. The van der Waals surface area contributed by atoms with Crippen LogP contribution in [0, 0.1) is 11.3 Å². The minimum atomic E-state index is 0.133. The van der Waals surface area contributed by atoms with Crippen LogP contribution in [0.5, 0.6) is 0 Å². The molecule has 1 N–H and O–H groups in total. The Morgan fingerprint density at radius 3 is 2.76 bits per heavy atom. The Kier molecular flexibility index (Phi) is 3.83. The largest absolute Gasteiger partial charge is 0.376 e. The highest BCUT2D eigenvalue weighted by Crippen LogP contribution is 2.33. The molecule has 2 aromatic carbocycles. The topological polar surface area (TPSA) is 35.8 Å². The lowest BCUT2D eigenvalue weighted by Gasteiger charge is -2.15. The molecule has 0 amide bonds. The smallest absolute Gasteiger partial charge is 0.0992 e. The molecular formula is C17H13ClN2S. The van der Waals surface area contributed by atoms with Gasteiger partial charge in [-0.05, 0) is 42.6 Å². The summed E-state index contributed by atoms with van der Waals surface area (Å²) in [6, 6.07) is 18.1. The first-order valence-corrected chi connectivity index (χ1v) is 7.81. The molecule has 2 nitrogen and oxygen atoms in total. The predicted molar refractivity (Wildman–Crippen MR) is 90.0 cm³/mol. The number of anilines is 1. The van der Waals surface area contributed by atoms with Crippen molar-refractivity contribution in [3.05, 3.63) is 64.0 Å². The monoisotopic (exact) mass is 312 g/mol. The first-order chi connectivity index (χ1) is 10.2. The number of hydrogen-bond donors (Lipinski definition) is 1. The van der Waals surface area contributed by atoms with Crippen molar-refractivity contribution in [3.63, 3.8) is 0 Å². The molecule has 0 saturated carbocycles. The van der Waals surface area contributed by atoms with E-state index < -0.39 is 0 Å². The van der Waals surface area contributed by atoms with Gasteiger partial charge in [-0.2, -0.15) is 5.26 Å². The standard InChI is InChI=1S/C17H13ClN2S/c1-11(17-9-13-4-2-3-5-16(13)21-17)20-15-8-12(10-19)6-7-14(15)18/h2-9,11,20H,1H3. The van der Waals surface area contributed by atoms with Gasteiger partial charge in [0, 0.05) is 9.58 Å². The molecule has 4 heteroatoms. The fourth-order valence-corrected chi connectivity index (χ4v) is 3.46. The van der Waals surface area contributed by atoms with Crippen molar-refractivity contribution in [2.75, 3.05) is 5.32 Å². The SMILES string of the molecule is CC(Nc1cc(C#N)ccc1Cl)c1cc2ccccc2s1. The molecule has 21 heavy (non-hydrogen) atoms. The van der Waals surface area contributed by atoms with Crippen molar-refractivity contribution in [3.8, 4) is 6.07 Å². The van der Waals surface area contributed by atoms with Crippen LogP contribution in [0.3, 0.4) is 0 Å². The normalized spacial score (nSPS) is 12.0. The summed E-state index contributed by atoms with van der Waals surface area (Å²) < 4.78 is 1.28. The second kappa shape index (κ2) is 5.77. The molecule has 0 radical (unpaired) electrons. The third-order valence-corrected chi connectivity index (χ3v) is 4.97. The van der Waals surface area contributed by atoms with Gasteiger partial charge in [0.15, 0.2) is 0 Å². The average Bonchev–Trinajstić information content (AvgIpc) is 2.93. The fourth-order valence-electron chi connectivity index (χ4n) is 2.23. The van der Waals surface area contributed by atoms with Crippen LogP contribution in [0.4, 0.5) is 5.69 Å². The Morgan fingerprint density at radius 2 is 2.00 bits per heavy atom. The van der Waals surface area contributed by atoms with Crippen LogP contribution in [-0.2, 0) is 0 Å². The molecule has 1 aromatic heterocycles. The molecular weight excluding hydrogens is 300 g/mol. The van der Waals surface area contributed by atoms with E-state index in [0.717, 1.165) is 5.69 Å². The number of benzene rings is 2. The molecule has 0 saturated heterocycles. The Morgan fingerprint density at radius 1 is 1.19 bits per heavy atom. The summed E-state index contributed by atoms with van der Waals surface area (Å²) in [5, 5.41) is 14.2. The number of fused-ring (bicyclic) bond motifs is 1. The molecule has 1 atom stereocenters. The van der Waals surface area contributed by atoms with Gasteiger partial charge in [-0.1, -0.05) is 29.8 Å². The Balaban J connectivity index is 1.89. The Bertz CT molecular complexity index is 799. The van der Waals surface area contributed by atoms with Crippen LogP contribution in [0.2, 0.25) is 5.02 Å². The summed E-state index contributed by atoms with van der Waals surface area (Å²) in [7, 11) is 0. The third-order valence-electron chi connectivity index (χ3n) is 3.34. The van der Waals surface area contributed by atoms with Crippen LogP contribution in [0.15, 0.2) is 48.5 Å². The molecule has 0 fully saturated rings. The van der Waals surface area contributed by atoms with E-state index in [1.807, 2.05) is 12.1 Å². The Hall–Kier alpha value is -2.02. The Labute approximate surface area is 132 Å². The lowest BCUT2D eigenvalue weighted by molar-refractivity contribution is 0.909. The number of hydrogen-bond acceptors (Lipinski definition) is 3. The fraction of sp³-hybridized carbons (Fsp3) is 0.118. The van der Waals surface area contributed by atoms with Gasteiger partial charge in [-0.15, -0.1) is 11.3 Å². The quantitative estimate of drug-likeness (QED) is 0.683. The highest BCUT2D eigenvalue weighted by molar-refractivity contribution is 7.19. The summed E-state index contributed by atoms with van der Waals surface area (Å²) >= 11 is 7.96. The number of rotatable bonds is 3.